The number of ether oxygens (including phenoxy) is 1. The number of aliphatic imine (C=N–C) groups is 1. The molecule has 0 unspecified atom stereocenters. The fourth-order valence-electron chi connectivity index (χ4n) is 1.94. The van der Waals surface area contributed by atoms with E-state index in [1.807, 2.05) is 6.07 Å². The van der Waals surface area contributed by atoms with Crippen LogP contribution in [0.4, 0.5) is 4.39 Å². The van der Waals surface area contributed by atoms with Gasteiger partial charge < -0.3 is 15.4 Å². The molecule has 1 rings (SSSR count). The van der Waals surface area contributed by atoms with E-state index in [1.54, 1.807) is 19.2 Å². The van der Waals surface area contributed by atoms with Crippen molar-refractivity contribution in [1.82, 2.24) is 10.6 Å². The maximum absolute atomic E-state index is 13.5. The first kappa shape index (κ1) is 17.9. The SMILES string of the molecule is CN=C(NCCCCC(=O)OC)NCCc1ccccc1F. The molecule has 1 aromatic rings. The fourth-order valence-corrected chi connectivity index (χ4v) is 1.94. The number of halogens is 1. The highest BCUT2D eigenvalue weighted by molar-refractivity contribution is 5.79. The average molecular weight is 309 g/mol. The number of methoxy groups -OCH3 is 1. The van der Waals surface area contributed by atoms with Gasteiger partial charge in [0.2, 0.25) is 0 Å². The Balaban J connectivity index is 2.18. The summed E-state index contributed by atoms with van der Waals surface area (Å²) in [6, 6.07) is 6.75. The smallest absolute Gasteiger partial charge is 0.305 e. The van der Waals surface area contributed by atoms with Crippen LogP contribution in [0, 0.1) is 5.82 Å². The molecule has 0 bridgehead atoms. The van der Waals surface area contributed by atoms with E-state index in [4.69, 9.17) is 0 Å². The van der Waals surface area contributed by atoms with Gasteiger partial charge in [-0.3, -0.25) is 9.79 Å². The molecule has 0 saturated carbocycles. The quantitative estimate of drug-likeness (QED) is 0.333. The number of carbonyl (C=O) groups is 1. The first-order chi connectivity index (χ1) is 10.7. The van der Waals surface area contributed by atoms with Crippen LogP contribution in [0.1, 0.15) is 24.8 Å². The summed E-state index contributed by atoms with van der Waals surface area (Å²) < 4.78 is 18.0. The number of hydrogen-bond donors (Lipinski definition) is 2. The maximum Gasteiger partial charge on any atom is 0.305 e. The minimum Gasteiger partial charge on any atom is -0.469 e. The van der Waals surface area contributed by atoms with E-state index in [0.717, 1.165) is 19.4 Å². The molecule has 0 saturated heterocycles. The number of nitrogens with one attached hydrogen (secondary N) is 2. The van der Waals surface area contributed by atoms with E-state index >= 15 is 0 Å². The Morgan fingerprint density at radius 3 is 2.64 bits per heavy atom. The van der Waals surface area contributed by atoms with Crippen LogP contribution in [-0.4, -0.2) is 39.2 Å². The molecule has 1 aromatic carbocycles. The first-order valence-electron chi connectivity index (χ1n) is 7.42. The molecular weight excluding hydrogens is 285 g/mol. The third-order valence-corrected chi connectivity index (χ3v) is 3.20. The minimum atomic E-state index is -0.188. The van der Waals surface area contributed by atoms with Gasteiger partial charge in [0.1, 0.15) is 5.82 Å². The number of carbonyl (C=O) groups excluding carboxylic acids is 1. The molecule has 0 radical (unpaired) electrons. The number of unbranched alkanes of at least 4 members (excludes halogenated alkanes) is 1. The molecule has 0 amide bonds. The lowest BCUT2D eigenvalue weighted by molar-refractivity contribution is -0.140. The summed E-state index contributed by atoms with van der Waals surface area (Å²) in [5.74, 6) is 0.303. The summed E-state index contributed by atoms with van der Waals surface area (Å²) in [6.45, 7) is 1.32. The predicted octanol–water partition coefficient (Wildman–Crippen LogP) is 1.88. The summed E-state index contributed by atoms with van der Waals surface area (Å²) >= 11 is 0. The van der Waals surface area contributed by atoms with Crippen molar-refractivity contribution >= 4 is 11.9 Å². The normalized spacial score (nSPS) is 11.1. The fraction of sp³-hybridized carbons (Fsp3) is 0.500. The van der Waals surface area contributed by atoms with Crippen LogP contribution in [0.2, 0.25) is 0 Å². The molecule has 0 aliphatic carbocycles. The summed E-state index contributed by atoms with van der Waals surface area (Å²) in [5.41, 5.74) is 0.684. The van der Waals surface area contributed by atoms with Crippen molar-refractivity contribution in [2.75, 3.05) is 27.2 Å². The van der Waals surface area contributed by atoms with Crippen molar-refractivity contribution in [3.8, 4) is 0 Å². The molecule has 0 aliphatic heterocycles. The third-order valence-electron chi connectivity index (χ3n) is 3.20. The van der Waals surface area contributed by atoms with Crippen molar-refractivity contribution in [3.63, 3.8) is 0 Å². The molecule has 2 N–H and O–H groups in total. The maximum atomic E-state index is 13.5. The predicted molar refractivity (Wildman–Crippen MR) is 85.3 cm³/mol. The van der Waals surface area contributed by atoms with Crippen LogP contribution >= 0.6 is 0 Å². The lowest BCUT2D eigenvalue weighted by Crippen LogP contribution is -2.38. The Bertz CT molecular complexity index is 492. The zero-order valence-corrected chi connectivity index (χ0v) is 13.2. The van der Waals surface area contributed by atoms with E-state index in [-0.39, 0.29) is 11.8 Å². The second kappa shape index (κ2) is 10.6. The number of esters is 1. The molecule has 0 aromatic heterocycles. The minimum absolute atomic E-state index is 0.185. The standard InChI is InChI=1S/C16H24FN3O2/c1-18-16(19-11-6-5-9-15(21)22-2)20-12-10-13-7-3-4-8-14(13)17/h3-4,7-8H,5-6,9-12H2,1-2H3,(H2,18,19,20). The monoisotopic (exact) mass is 309 g/mol. The Kier molecular flexibility index (Phi) is 8.64. The van der Waals surface area contributed by atoms with Crippen LogP contribution in [0.3, 0.4) is 0 Å². The topological polar surface area (TPSA) is 62.7 Å². The molecule has 0 atom stereocenters. The van der Waals surface area contributed by atoms with E-state index in [9.17, 15) is 9.18 Å². The van der Waals surface area contributed by atoms with E-state index in [2.05, 4.69) is 20.4 Å². The van der Waals surface area contributed by atoms with Gasteiger partial charge in [-0.15, -0.1) is 0 Å². The Morgan fingerprint density at radius 1 is 1.23 bits per heavy atom. The highest BCUT2D eigenvalue weighted by Gasteiger charge is 2.02. The molecule has 22 heavy (non-hydrogen) atoms. The third kappa shape index (κ3) is 7.06. The molecule has 0 heterocycles. The second-order valence-corrected chi connectivity index (χ2v) is 4.80. The van der Waals surface area contributed by atoms with Crippen LogP contribution in [-0.2, 0) is 16.0 Å². The number of rotatable bonds is 8. The molecule has 122 valence electrons. The Labute approximate surface area is 131 Å². The highest BCUT2D eigenvalue weighted by Crippen LogP contribution is 2.06. The average Bonchev–Trinajstić information content (AvgIpc) is 2.54. The zero-order valence-electron chi connectivity index (χ0n) is 13.2. The highest BCUT2D eigenvalue weighted by atomic mass is 19.1. The molecule has 6 heteroatoms. The lowest BCUT2D eigenvalue weighted by atomic mass is 10.1. The van der Waals surface area contributed by atoms with Gasteiger partial charge in [0, 0.05) is 26.6 Å². The van der Waals surface area contributed by atoms with Gasteiger partial charge in [-0.05, 0) is 30.9 Å². The van der Waals surface area contributed by atoms with Crippen molar-refractivity contribution in [2.24, 2.45) is 4.99 Å². The lowest BCUT2D eigenvalue weighted by Gasteiger charge is -2.12. The number of guanidine groups is 1. The van der Waals surface area contributed by atoms with Gasteiger partial charge in [0.25, 0.3) is 0 Å². The van der Waals surface area contributed by atoms with Crippen LogP contribution in [0.5, 0.6) is 0 Å². The number of benzene rings is 1. The van der Waals surface area contributed by atoms with Gasteiger partial charge in [0.15, 0.2) is 5.96 Å². The van der Waals surface area contributed by atoms with Crippen LogP contribution in [0.15, 0.2) is 29.3 Å². The van der Waals surface area contributed by atoms with Crippen molar-refractivity contribution < 1.29 is 13.9 Å². The molecule has 0 aliphatic rings. The van der Waals surface area contributed by atoms with Crippen molar-refractivity contribution in [3.05, 3.63) is 35.6 Å². The summed E-state index contributed by atoms with van der Waals surface area (Å²) in [7, 11) is 3.08. The van der Waals surface area contributed by atoms with Crippen LogP contribution < -0.4 is 10.6 Å². The van der Waals surface area contributed by atoms with Crippen molar-refractivity contribution in [1.29, 1.82) is 0 Å². The van der Waals surface area contributed by atoms with Gasteiger partial charge in [0.05, 0.1) is 7.11 Å². The Hall–Kier alpha value is -2.11. The number of nitrogens with zero attached hydrogens (tertiary/aromatic N) is 1. The first-order valence-corrected chi connectivity index (χ1v) is 7.42. The van der Waals surface area contributed by atoms with Gasteiger partial charge in [-0.1, -0.05) is 18.2 Å². The largest absolute Gasteiger partial charge is 0.469 e. The Morgan fingerprint density at radius 2 is 1.95 bits per heavy atom. The van der Waals surface area contributed by atoms with Gasteiger partial charge in [-0.2, -0.15) is 0 Å². The second-order valence-electron chi connectivity index (χ2n) is 4.80. The zero-order chi connectivity index (χ0) is 16.2. The molecular formula is C16H24FN3O2. The van der Waals surface area contributed by atoms with Crippen molar-refractivity contribution in [2.45, 2.75) is 25.7 Å². The molecule has 0 fully saturated rings. The van der Waals surface area contributed by atoms with Gasteiger partial charge >= 0.3 is 5.97 Å². The van der Waals surface area contributed by atoms with Gasteiger partial charge in [-0.25, -0.2) is 4.39 Å². The molecule has 5 nitrogen and oxygen atoms in total. The van der Waals surface area contributed by atoms with Crippen LogP contribution in [0.25, 0.3) is 0 Å². The summed E-state index contributed by atoms with van der Waals surface area (Å²) in [6.07, 6.45) is 2.64. The van der Waals surface area contributed by atoms with E-state index in [1.165, 1.54) is 13.2 Å². The number of hydrogen-bond acceptors (Lipinski definition) is 3. The summed E-state index contributed by atoms with van der Waals surface area (Å²) in [4.78, 5) is 15.1. The molecule has 0 spiro atoms. The van der Waals surface area contributed by atoms with E-state index in [0.29, 0.717) is 30.9 Å². The summed E-state index contributed by atoms with van der Waals surface area (Å²) in [5, 5.41) is 6.29. The van der Waals surface area contributed by atoms with E-state index < -0.39 is 0 Å².